The van der Waals surface area contributed by atoms with Crippen LogP contribution in [0.5, 0.6) is 0 Å². The minimum Gasteiger partial charge on any atom is -0.260 e. The number of aromatic nitrogens is 1. The fourth-order valence-electron chi connectivity index (χ4n) is 1.96. The summed E-state index contributed by atoms with van der Waals surface area (Å²) in [4.78, 5) is 3.53. The molecular formula is C11H15FN2O2S. The number of pyridine rings is 1. The lowest BCUT2D eigenvalue weighted by Gasteiger charge is -2.19. The van der Waals surface area contributed by atoms with Crippen LogP contribution in [-0.4, -0.2) is 30.8 Å². The van der Waals surface area contributed by atoms with Crippen LogP contribution in [0.3, 0.4) is 0 Å². The van der Waals surface area contributed by atoms with E-state index >= 15 is 0 Å². The quantitative estimate of drug-likeness (QED) is 0.812. The van der Waals surface area contributed by atoms with Crippen LogP contribution in [0, 0.1) is 5.82 Å². The highest BCUT2D eigenvalue weighted by atomic mass is 32.2. The second kappa shape index (κ2) is 5.10. The minimum atomic E-state index is -3.58. The summed E-state index contributed by atoms with van der Waals surface area (Å²) in [6, 6.07) is 1.02. The van der Waals surface area contributed by atoms with Gasteiger partial charge in [0.05, 0.1) is 6.20 Å². The molecule has 94 valence electrons. The van der Waals surface area contributed by atoms with Crippen LogP contribution < -0.4 is 0 Å². The van der Waals surface area contributed by atoms with Gasteiger partial charge in [0.1, 0.15) is 10.7 Å². The smallest absolute Gasteiger partial charge is 0.244 e. The van der Waals surface area contributed by atoms with E-state index in [1.165, 1.54) is 10.5 Å². The molecule has 0 atom stereocenters. The van der Waals surface area contributed by atoms with Crippen molar-refractivity contribution in [1.29, 1.82) is 0 Å². The molecule has 0 saturated carbocycles. The highest BCUT2D eigenvalue weighted by Crippen LogP contribution is 2.19. The highest BCUT2D eigenvalue weighted by Gasteiger charge is 2.25. The van der Waals surface area contributed by atoms with Gasteiger partial charge in [-0.05, 0) is 18.9 Å². The molecule has 6 heteroatoms. The molecule has 0 bridgehead atoms. The second-order valence-electron chi connectivity index (χ2n) is 4.16. The SMILES string of the molecule is O=S(=O)(c1cncc(F)c1)N1CCCCCC1. The van der Waals surface area contributed by atoms with Gasteiger partial charge >= 0.3 is 0 Å². The number of hydrogen-bond donors (Lipinski definition) is 0. The van der Waals surface area contributed by atoms with Gasteiger partial charge in [-0.15, -0.1) is 0 Å². The number of nitrogens with zero attached hydrogens (tertiary/aromatic N) is 2. The Morgan fingerprint density at radius 1 is 1.12 bits per heavy atom. The minimum absolute atomic E-state index is 0.0561. The van der Waals surface area contributed by atoms with Crippen LogP contribution in [0.25, 0.3) is 0 Å². The van der Waals surface area contributed by atoms with Crippen molar-refractivity contribution in [3.63, 3.8) is 0 Å². The lowest BCUT2D eigenvalue weighted by Crippen LogP contribution is -2.32. The molecule has 1 aromatic rings. The lowest BCUT2D eigenvalue weighted by molar-refractivity contribution is 0.423. The van der Waals surface area contributed by atoms with Gasteiger partial charge in [-0.25, -0.2) is 12.8 Å². The van der Waals surface area contributed by atoms with Crippen molar-refractivity contribution in [2.75, 3.05) is 13.1 Å². The van der Waals surface area contributed by atoms with E-state index in [4.69, 9.17) is 0 Å². The molecule has 2 heterocycles. The summed E-state index contributed by atoms with van der Waals surface area (Å²) in [5.74, 6) is -0.624. The van der Waals surface area contributed by atoms with Crippen molar-refractivity contribution in [3.8, 4) is 0 Å². The molecule has 0 amide bonds. The van der Waals surface area contributed by atoms with Crippen molar-refractivity contribution < 1.29 is 12.8 Å². The Hall–Kier alpha value is -1.01. The zero-order chi connectivity index (χ0) is 12.3. The van der Waals surface area contributed by atoms with Gasteiger partial charge in [0.15, 0.2) is 0 Å². The van der Waals surface area contributed by atoms with Crippen molar-refractivity contribution in [3.05, 3.63) is 24.3 Å². The van der Waals surface area contributed by atoms with Gasteiger partial charge in [-0.1, -0.05) is 12.8 Å². The maximum absolute atomic E-state index is 13.0. The van der Waals surface area contributed by atoms with Crippen molar-refractivity contribution in [1.82, 2.24) is 9.29 Å². The molecule has 0 spiro atoms. The Balaban J connectivity index is 2.28. The Morgan fingerprint density at radius 2 is 1.76 bits per heavy atom. The van der Waals surface area contributed by atoms with E-state index in [0.717, 1.165) is 37.9 Å². The summed E-state index contributed by atoms with van der Waals surface area (Å²) < 4.78 is 38.8. The summed E-state index contributed by atoms with van der Waals surface area (Å²) in [6.07, 6.45) is 6.02. The largest absolute Gasteiger partial charge is 0.260 e. The third-order valence-electron chi connectivity index (χ3n) is 2.88. The van der Waals surface area contributed by atoms with E-state index in [-0.39, 0.29) is 4.90 Å². The van der Waals surface area contributed by atoms with Gasteiger partial charge < -0.3 is 0 Å². The van der Waals surface area contributed by atoms with E-state index in [1.807, 2.05) is 0 Å². The molecule has 0 unspecified atom stereocenters. The molecule has 0 N–H and O–H groups in total. The van der Waals surface area contributed by atoms with Crippen LogP contribution in [0.15, 0.2) is 23.4 Å². The Kier molecular flexibility index (Phi) is 3.73. The molecule has 1 saturated heterocycles. The van der Waals surface area contributed by atoms with Crippen LogP contribution in [-0.2, 0) is 10.0 Å². The average molecular weight is 258 g/mol. The molecular weight excluding hydrogens is 243 g/mol. The van der Waals surface area contributed by atoms with E-state index in [2.05, 4.69) is 4.98 Å². The molecule has 4 nitrogen and oxygen atoms in total. The predicted molar refractivity (Wildman–Crippen MR) is 61.4 cm³/mol. The first-order chi connectivity index (χ1) is 8.10. The fourth-order valence-corrected chi connectivity index (χ4v) is 3.46. The Morgan fingerprint density at radius 3 is 2.35 bits per heavy atom. The first-order valence-corrected chi connectivity index (χ1v) is 7.15. The third-order valence-corrected chi connectivity index (χ3v) is 4.75. The van der Waals surface area contributed by atoms with Crippen LogP contribution in [0.4, 0.5) is 4.39 Å². The van der Waals surface area contributed by atoms with E-state index in [1.54, 1.807) is 0 Å². The third kappa shape index (κ3) is 2.81. The second-order valence-corrected chi connectivity index (χ2v) is 6.10. The van der Waals surface area contributed by atoms with E-state index < -0.39 is 15.8 Å². The summed E-state index contributed by atoms with van der Waals surface area (Å²) in [5, 5.41) is 0. The summed E-state index contributed by atoms with van der Waals surface area (Å²) in [5.41, 5.74) is 0. The lowest BCUT2D eigenvalue weighted by atomic mass is 10.2. The molecule has 1 aliphatic rings. The molecule has 1 aromatic heterocycles. The molecule has 1 fully saturated rings. The summed E-state index contributed by atoms with van der Waals surface area (Å²) >= 11 is 0. The number of hydrogen-bond acceptors (Lipinski definition) is 3. The molecule has 0 aromatic carbocycles. The van der Waals surface area contributed by atoms with Gasteiger partial charge in [-0.2, -0.15) is 4.31 Å². The van der Waals surface area contributed by atoms with E-state index in [9.17, 15) is 12.8 Å². The maximum atomic E-state index is 13.0. The van der Waals surface area contributed by atoms with Crippen LogP contribution in [0.2, 0.25) is 0 Å². The molecule has 1 aliphatic heterocycles. The van der Waals surface area contributed by atoms with Gasteiger partial charge in [0, 0.05) is 19.3 Å². The van der Waals surface area contributed by atoms with Gasteiger partial charge in [-0.3, -0.25) is 4.98 Å². The zero-order valence-electron chi connectivity index (χ0n) is 9.47. The Labute approximate surface area is 101 Å². The summed E-state index contributed by atoms with van der Waals surface area (Å²) in [6.45, 7) is 1.03. The standard InChI is InChI=1S/C11H15FN2O2S/c12-10-7-11(9-13-8-10)17(15,16)14-5-3-1-2-4-6-14/h7-9H,1-6H2. The van der Waals surface area contributed by atoms with Gasteiger partial charge in [0.2, 0.25) is 10.0 Å². The van der Waals surface area contributed by atoms with Crippen LogP contribution in [0.1, 0.15) is 25.7 Å². The first kappa shape index (κ1) is 12.4. The van der Waals surface area contributed by atoms with Crippen molar-refractivity contribution in [2.24, 2.45) is 0 Å². The average Bonchev–Trinajstić information content (AvgIpc) is 2.58. The molecule has 0 aliphatic carbocycles. The number of sulfonamides is 1. The number of rotatable bonds is 2. The monoisotopic (exact) mass is 258 g/mol. The van der Waals surface area contributed by atoms with E-state index in [0.29, 0.717) is 13.1 Å². The Bertz CT molecular complexity index is 482. The van der Waals surface area contributed by atoms with Crippen LogP contribution >= 0.6 is 0 Å². The number of halogens is 1. The molecule has 0 radical (unpaired) electrons. The fraction of sp³-hybridized carbons (Fsp3) is 0.545. The normalized spacial score (nSPS) is 18.9. The van der Waals surface area contributed by atoms with Crippen molar-refractivity contribution in [2.45, 2.75) is 30.6 Å². The highest BCUT2D eigenvalue weighted by molar-refractivity contribution is 7.89. The predicted octanol–water partition coefficient (Wildman–Crippen LogP) is 1.79. The topological polar surface area (TPSA) is 50.3 Å². The first-order valence-electron chi connectivity index (χ1n) is 5.71. The zero-order valence-corrected chi connectivity index (χ0v) is 10.3. The molecule has 17 heavy (non-hydrogen) atoms. The van der Waals surface area contributed by atoms with Gasteiger partial charge in [0.25, 0.3) is 0 Å². The van der Waals surface area contributed by atoms with Crippen molar-refractivity contribution >= 4 is 10.0 Å². The summed E-state index contributed by atoms with van der Waals surface area (Å²) in [7, 11) is -3.58. The maximum Gasteiger partial charge on any atom is 0.244 e. The molecule has 2 rings (SSSR count).